The van der Waals surface area contributed by atoms with Crippen LogP contribution in [0, 0.1) is 0 Å². The van der Waals surface area contributed by atoms with Crippen LogP contribution in [0.1, 0.15) is 19.8 Å². The van der Waals surface area contributed by atoms with Gasteiger partial charge in [-0.1, -0.05) is 6.08 Å². The van der Waals surface area contributed by atoms with Gasteiger partial charge < -0.3 is 14.1 Å². The smallest absolute Gasteiger partial charge is 0.462 e. The normalized spacial score (nSPS) is 15.1. The molecule has 1 N–H and O–H groups in total. The molecule has 0 heterocycles. The lowest BCUT2D eigenvalue weighted by Crippen LogP contribution is -2.35. The number of carbonyl (C=O) groups is 1. The number of allylic oxidation sites excluding steroid dienone is 1. The van der Waals surface area contributed by atoms with Crippen LogP contribution in [-0.4, -0.2) is 62.9 Å². The van der Waals surface area contributed by atoms with Gasteiger partial charge in [-0.3, -0.25) is 9.05 Å². The number of phosphoric ester groups is 1. The minimum atomic E-state index is -4.01. The third kappa shape index (κ3) is 14.0. The number of nitrogens with zero attached hydrogens (tertiary/aromatic N) is 1. The first-order valence-corrected chi connectivity index (χ1v) is 8.37. The fourth-order valence-corrected chi connectivity index (χ4v) is 2.15. The highest BCUT2D eigenvalue weighted by Gasteiger charge is 2.20. The molecule has 0 aliphatic carbocycles. The molecule has 7 nitrogen and oxygen atoms in total. The minimum absolute atomic E-state index is 0.00771. The summed E-state index contributed by atoms with van der Waals surface area (Å²) >= 11 is 0. The number of rotatable bonds is 11. The highest BCUT2D eigenvalue weighted by molar-refractivity contribution is 7.47. The molecule has 1 atom stereocenters. The van der Waals surface area contributed by atoms with E-state index < -0.39 is 13.8 Å². The van der Waals surface area contributed by atoms with E-state index in [0.29, 0.717) is 12.8 Å². The first-order valence-electron chi connectivity index (χ1n) is 6.88. The second-order valence-corrected chi connectivity index (χ2v) is 6.98. The quantitative estimate of drug-likeness (QED) is 0.205. The van der Waals surface area contributed by atoms with Gasteiger partial charge in [0.1, 0.15) is 0 Å². The van der Waals surface area contributed by atoms with E-state index in [1.165, 1.54) is 6.08 Å². The van der Waals surface area contributed by atoms with Crippen LogP contribution < -0.4 is 0 Å². The third-order valence-electron chi connectivity index (χ3n) is 2.32. The Hall–Kier alpha value is -0.720. The SMILES string of the molecule is CC=CC(=O)OCCCOP(=O)(O)OCCC[N+](C)(C)C. The first kappa shape index (κ1) is 20.3. The van der Waals surface area contributed by atoms with Crippen molar-refractivity contribution in [2.24, 2.45) is 0 Å². The number of esters is 1. The van der Waals surface area contributed by atoms with Crippen LogP contribution in [-0.2, 0) is 23.1 Å². The molecule has 0 aromatic rings. The molecule has 21 heavy (non-hydrogen) atoms. The molecule has 124 valence electrons. The minimum Gasteiger partial charge on any atom is -0.462 e. The summed E-state index contributed by atoms with van der Waals surface area (Å²) in [5.41, 5.74) is 0. The number of hydrogen-bond acceptors (Lipinski definition) is 5. The van der Waals surface area contributed by atoms with Crippen molar-refractivity contribution in [1.82, 2.24) is 0 Å². The predicted molar refractivity (Wildman–Crippen MR) is 79.6 cm³/mol. The van der Waals surface area contributed by atoms with E-state index in [9.17, 15) is 14.3 Å². The van der Waals surface area contributed by atoms with E-state index in [-0.39, 0.29) is 19.8 Å². The lowest BCUT2D eigenvalue weighted by atomic mass is 10.4. The standard InChI is InChI=1S/C13H26NO6P/c1-5-8-13(15)18-10-7-12-20-21(16,17)19-11-6-9-14(2,3)4/h5,8H,6-7,9-12H2,1-4H3/p+1. The summed E-state index contributed by atoms with van der Waals surface area (Å²) < 4.78 is 26.7. The van der Waals surface area contributed by atoms with Gasteiger partial charge in [0.05, 0.1) is 47.5 Å². The zero-order chi connectivity index (χ0) is 16.4. The molecule has 1 unspecified atom stereocenters. The molecule has 0 bridgehead atoms. The van der Waals surface area contributed by atoms with Crippen molar-refractivity contribution in [3.63, 3.8) is 0 Å². The van der Waals surface area contributed by atoms with Gasteiger partial charge in [-0.2, -0.15) is 0 Å². The zero-order valence-electron chi connectivity index (χ0n) is 13.3. The molecule has 0 rings (SSSR count). The van der Waals surface area contributed by atoms with Crippen LogP contribution in [0.4, 0.5) is 0 Å². The molecule has 0 saturated carbocycles. The van der Waals surface area contributed by atoms with Crippen molar-refractivity contribution in [1.29, 1.82) is 0 Å². The summed E-state index contributed by atoms with van der Waals surface area (Å²) in [5.74, 6) is -0.443. The van der Waals surface area contributed by atoms with E-state index in [1.54, 1.807) is 13.0 Å². The monoisotopic (exact) mass is 324 g/mol. The average molecular weight is 324 g/mol. The van der Waals surface area contributed by atoms with E-state index in [2.05, 4.69) is 0 Å². The number of carbonyl (C=O) groups excluding carboxylic acids is 1. The molecule has 0 aliphatic rings. The van der Waals surface area contributed by atoms with Crippen LogP contribution in [0.15, 0.2) is 12.2 Å². The van der Waals surface area contributed by atoms with Crippen LogP contribution in [0.5, 0.6) is 0 Å². The maximum Gasteiger partial charge on any atom is 0.472 e. The van der Waals surface area contributed by atoms with Crippen molar-refractivity contribution in [3.8, 4) is 0 Å². The molecular weight excluding hydrogens is 297 g/mol. The molecular formula is C13H27NO6P+. The van der Waals surface area contributed by atoms with Crippen LogP contribution >= 0.6 is 7.82 Å². The molecule has 0 aromatic heterocycles. The fourth-order valence-electron chi connectivity index (χ4n) is 1.35. The summed E-state index contributed by atoms with van der Waals surface area (Å²) in [6.45, 7) is 2.83. The molecule has 0 radical (unpaired) electrons. The van der Waals surface area contributed by atoms with Crippen LogP contribution in [0.3, 0.4) is 0 Å². The molecule has 0 aromatic carbocycles. The largest absolute Gasteiger partial charge is 0.472 e. The van der Waals surface area contributed by atoms with E-state index in [4.69, 9.17) is 13.8 Å². The maximum atomic E-state index is 11.5. The fraction of sp³-hybridized carbons (Fsp3) is 0.769. The summed E-state index contributed by atoms with van der Waals surface area (Å²) in [5, 5.41) is 0. The number of quaternary nitrogens is 1. The first-order chi connectivity index (χ1) is 9.66. The number of ether oxygens (including phenoxy) is 1. The second kappa shape index (κ2) is 10.1. The van der Waals surface area contributed by atoms with Crippen molar-refractivity contribution in [2.45, 2.75) is 19.8 Å². The molecule has 0 aliphatic heterocycles. The van der Waals surface area contributed by atoms with Crippen molar-refractivity contribution < 1.29 is 32.5 Å². The van der Waals surface area contributed by atoms with Crippen molar-refractivity contribution in [2.75, 3.05) is 47.5 Å². The Kier molecular flexibility index (Phi) is 9.74. The lowest BCUT2D eigenvalue weighted by Gasteiger charge is -2.23. The Morgan fingerprint density at radius 2 is 1.71 bits per heavy atom. The third-order valence-corrected chi connectivity index (χ3v) is 3.34. The summed E-state index contributed by atoms with van der Waals surface area (Å²) in [6, 6.07) is 0. The Morgan fingerprint density at radius 1 is 1.14 bits per heavy atom. The molecule has 0 fully saturated rings. The predicted octanol–water partition coefficient (Wildman–Crippen LogP) is 1.73. The van der Waals surface area contributed by atoms with Gasteiger partial charge in [-0.15, -0.1) is 0 Å². The van der Waals surface area contributed by atoms with Gasteiger partial charge in [0, 0.05) is 18.9 Å². The number of hydrogen-bond donors (Lipinski definition) is 1. The van der Waals surface area contributed by atoms with Gasteiger partial charge in [0.2, 0.25) is 0 Å². The van der Waals surface area contributed by atoms with Gasteiger partial charge in [-0.25, -0.2) is 9.36 Å². The van der Waals surface area contributed by atoms with E-state index in [1.807, 2.05) is 21.1 Å². The molecule has 8 heteroatoms. The molecule has 0 saturated heterocycles. The highest BCUT2D eigenvalue weighted by atomic mass is 31.2. The van der Waals surface area contributed by atoms with E-state index in [0.717, 1.165) is 11.0 Å². The summed E-state index contributed by atoms with van der Waals surface area (Å²) in [4.78, 5) is 20.4. The van der Waals surface area contributed by atoms with E-state index >= 15 is 0 Å². The second-order valence-electron chi connectivity index (χ2n) is 5.52. The Balaban J connectivity index is 3.69. The molecule has 0 spiro atoms. The summed E-state index contributed by atoms with van der Waals surface area (Å²) in [7, 11) is 2.08. The van der Waals surface area contributed by atoms with Crippen LogP contribution in [0.25, 0.3) is 0 Å². The average Bonchev–Trinajstić information content (AvgIpc) is 2.33. The maximum absolute atomic E-state index is 11.5. The number of phosphoric acid groups is 1. The topological polar surface area (TPSA) is 82.1 Å². The highest BCUT2D eigenvalue weighted by Crippen LogP contribution is 2.43. The Labute approximate surface area is 126 Å². The van der Waals surface area contributed by atoms with Gasteiger partial charge in [0.25, 0.3) is 0 Å². The van der Waals surface area contributed by atoms with Gasteiger partial charge in [-0.05, 0) is 6.92 Å². The van der Waals surface area contributed by atoms with Gasteiger partial charge in [0.15, 0.2) is 0 Å². The van der Waals surface area contributed by atoms with Crippen molar-refractivity contribution in [3.05, 3.63) is 12.2 Å². The molecule has 0 amide bonds. The van der Waals surface area contributed by atoms with Crippen molar-refractivity contribution >= 4 is 13.8 Å². The Morgan fingerprint density at radius 3 is 2.24 bits per heavy atom. The zero-order valence-corrected chi connectivity index (χ0v) is 14.2. The van der Waals surface area contributed by atoms with Gasteiger partial charge >= 0.3 is 13.8 Å². The van der Waals surface area contributed by atoms with Crippen LogP contribution in [0.2, 0.25) is 0 Å². The Bertz CT molecular complexity index is 377. The summed E-state index contributed by atoms with van der Waals surface area (Å²) in [6.07, 6.45) is 3.87. The lowest BCUT2D eigenvalue weighted by molar-refractivity contribution is -0.870.